The zero-order valence-corrected chi connectivity index (χ0v) is 17.7. The summed E-state index contributed by atoms with van der Waals surface area (Å²) in [7, 11) is 0. The van der Waals surface area contributed by atoms with Crippen LogP contribution in [-0.2, 0) is 10.2 Å². The van der Waals surface area contributed by atoms with Gasteiger partial charge in [0.2, 0.25) is 5.91 Å². The molecule has 6 heteroatoms. The standard InChI is InChI=1S/C24H24ClN3O2/c1-17-7-8-19(25)15-20(17)27-11-13-28(14-12-27)23(29)24(9-10-24)22-16-21(30-26-22)18-5-3-2-4-6-18/h2-8,15-16H,9-14H2,1H3. The Labute approximate surface area is 181 Å². The quantitative estimate of drug-likeness (QED) is 0.613. The number of aromatic nitrogens is 1. The van der Waals surface area contributed by atoms with E-state index in [1.54, 1.807) is 0 Å². The zero-order valence-electron chi connectivity index (χ0n) is 17.0. The third-order valence-corrected chi connectivity index (χ3v) is 6.53. The summed E-state index contributed by atoms with van der Waals surface area (Å²) >= 11 is 6.19. The van der Waals surface area contributed by atoms with Crippen LogP contribution in [0.15, 0.2) is 59.1 Å². The summed E-state index contributed by atoms with van der Waals surface area (Å²) in [4.78, 5) is 17.7. The first kappa shape index (κ1) is 19.2. The fourth-order valence-corrected chi connectivity index (χ4v) is 4.49. The predicted molar refractivity (Wildman–Crippen MR) is 118 cm³/mol. The van der Waals surface area contributed by atoms with Crippen LogP contribution in [0.5, 0.6) is 0 Å². The fourth-order valence-electron chi connectivity index (χ4n) is 4.32. The molecule has 1 aliphatic heterocycles. The Kier molecular flexibility index (Phi) is 4.78. The molecule has 0 spiro atoms. The van der Waals surface area contributed by atoms with Gasteiger partial charge in [0.25, 0.3) is 0 Å². The maximum absolute atomic E-state index is 13.4. The summed E-state index contributed by atoms with van der Waals surface area (Å²) in [5.74, 6) is 0.892. The van der Waals surface area contributed by atoms with Gasteiger partial charge in [-0.25, -0.2) is 0 Å². The van der Waals surface area contributed by atoms with Crippen LogP contribution in [0.3, 0.4) is 0 Å². The molecule has 154 valence electrons. The van der Waals surface area contributed by atoms with Crippen molar-refractivity contribution in [3.05, 3.63) is 70.9 Å². The summed E-state index contributed by atoms with van der Waals surface area (Å²) < 4.78 is 5.57. The number of piperazine rings is 1. The van der Waals surface area contributed by atoms with Crippen molar-refractivity contribution in [3.8, 4) is 11.3 Å². The number of anilines is 1. The lowest BCUT2D eigenvalue weighted by molar-refractivity contribution is -0.134. The van der Waals surface area contributed by atoms with Gasteiger partial charge < -0.3 is 14.3 Å². The molecule has 2 aliphatic rings. The maximum Gasteiger partial charge on any atom is 0.235 e. The highest BCUT2D eigenvalue weighted by molar-refractivity contribution is 6.30. The van der Waals surface area contributed by atoms with Crippen molar-refractivity contribution in [2.45, 2.75) is 25.2 Å². The highest BCUT2D eigenvalue weighted by Gasteiger charge is 2.55. The van der Waals surface area contributed by atoms with E-state index in [4.69, 9.17) is 16.1 Å². The molecule has 1 aliphatic carbocycles. The summed E-state index contributed by atoms with van der Waals surface area (Å²) in [6, 6.07) is 17.8. The molecule has 1 aromatic heterocycles. The SMILES string of the molecule is Cc1ccc(Cl)cc1N1CCN(C(=O)C2(c3cc(-c4ccccc4)on3)CC2)CC1. The first-order valence-electron chi connectivity index (χ1n) is 10.4. The minimum atomic E-state index is -0.509. The molecule has 5 rings (SSSR count). The maximum atomic E-state index is 13.4. The number of hydrogen-bond acceptors (Lipinski definition) is 4. The van der Waals surface area contributed by atoms with Crippen LogP contribution in [0.1, 0.15) is 24.1 Å². The molecular weight excluding hydrogens is 398 g/mol. The Morgan fingerprint density at radius 1 is 1.03 bits per heavy atom. The van der Waals surface area contributed by atoms with Gasteiger partial charge in [-0.3, -0.25) is 4.79 Å². The molecule has 2 aromatic carbocycles. The van der Waals surface area contributed by atoms with Gasteiger partial charge in [-0.05, 0) is 37.5 Å². The number of amides is 1. The van der Waals surface area contributed by atoms with Crippen molar-refractivity contribution >= 4 is 23.2 Å². The van der Waals surface area contributed by atoms with Crippen LogP contribution in [0.4, 0.5) is 5.69 Å². The third kappa shape index (κ3) is 3.37. The van der Waals surface area contributed by atoms with E-state index in [9.17, 15) is 4.79 Å². The third-order valence-electron chi connectivity index (χ3n) is 6.30. The van der Waals surface area contributed by atoms with E-state index in [1.807, 2.05) is 59.5 Å². The Hall–Kier alpha value is -2.79. The van der Waals surface area contributed by atoms with E-state index < -0.39 is 5.41 Å². The molecule has 1 saturated heterocycles. The average molecular weight is 422 g/mol. The Bertz CT molecular complexity index is 1070. The van der Waals surface area contributed by atoms with Crippen molar-refractivity contribution in [3.63, 3.8) is 0 Å². The average Bonchev–Trinajstić information content (AvgIpc) is 3.44. The lowest BCUT2D eigenvalue weighted by Crippen LogP contribution is -2.51. The predicted octanol–water partition coefficient (Wildman–Crippen LogP) is 4.68. The van der Waals surface area contributed by atoms with Gasteiger partial charge in [0.15, 0.2) is 5.76 Å². The molecule has 1 amide bonds. The molecule has 1 saturated carbocycles. The minimum absolute atomic E-state index is 0.179. The molecule has 3 aromatic rings. The first-order valence-corrected chi connectivity index (χ1v) is 10.8. The van der Waals surface area contributed by atoms with Crippen molar-refractivity contribution in [2.24, 2.45) is 0 Å². The van der Waals surface area contributed by atoms with E-state index in [-0.39, 0.29) is 5.91 Å². The Morgan fingerprint density at radius 3 is 2.47 bits per heavy atom. The monoisotopic (exact) mass is 421 g/mol. The van der Waals surface area contributed by atoms with Crippen LogP contribution in [-0.4, -0.2) is 42.1 Å². The molecule has 0 radical (unpaired) electrons. The summed E-state index contributed by atoms with van der Waals surface area (Å²) in [5.41, 5.74) is 3.59. The van der Waals surface area contributed by atoms with Crippen molar-refractivity contribution in [1.29, 1.82) is 0 Å². The summed E-state index contributed by atoms with van der Waals surface area (Å²) in [5, 5.41) is 5.02. The van der Waals surface area contributed by atoms with E-state index in [1.165, 1.54) is 5.56 Å². The number of rotatable bonds is 4. The van der Waals surface area contributed by atoms with Gasteiger partial charge in [0.05, 0.1) is 11.1 Å². The number of carbonyl (C=O) groups excluding carboxylic acids is 1. The minimum Gasteiger partial charge on any atom is -0.368 e. The zero-order chi connectivity index (χ0) is 20.7. The molecule has 5 nitrogen and oxygen atoms in total. The number of hydrogen-bond donors (Lipinski definition) is 0. The lowest BCUT2D eigenvalue weighted by atomic mass is 9.99. The van der Waals surface area contributed by atoms with Crippen LogP contribution in [0, 0.1) is 6.92 Å². The molecule has 0 unspecified atom stereocenters. The van der Waals surface area contributed by atoms with E-state index in [2.05, 4.69) is 17.0 Å². The number of nitrogens with zero attached hydrogens (tertiary/aromatic N) is 3. The largest absolute Gasteiger partial charge is 0.368 e. The van der Waals surface area contributed by atoms with E-state index in [0.29, 0.717) is 18.8 Å². The fraction of sp³-hybridized carbons (Fsp3) is 0.333. The highest BCUT2D eigenvalue weighted by Crippen LogP contribution is 2.50. The van der Waals surface area contributed by atoms with Crippen LogP contribution < -0.4 is 4.90 Å². The second-order valence-corrected chi connectivity index (χ2v) is 8.67. The Balaban J connectivity index is 1.29. The normalized spacial score (nSPS) is 17.8. The molecule has 2 heterocycles. The van der Waals surface area contributed by atoms with Gasteiger partial charge >= 0.3 is 0 Å². The second-order valence-electron chi connectivity index (χ2n) is 8.23. The highest BCUT2D eigenvalue weighted by atomic mass is 35.5. The van der Waals surface area contributed by atoms with Gasteiger partial charge in [0.1, 0.15) is 0 Å². The van der Waals surface area contributed by atoms with Gasteiger partial charge in [-0.15, -0.1) is 0 Å². The number of aryl methyl sites for hydroxylation is 1. The molecule has 0 N–H and O–H groups in total. The van der Waals surface area contributed by atoms with Crippen LogP contribution in [0.2, 0.25) is 5.02 Å². The number of carbonyl (C=O) groups is 1. The summed E-state index contributed by atoms with van der Waals surface area (Å²) in [6.45, 7) is 5.11. The van der Waals surface area contributed by atoms with Crippen LogP contribution >= 0.6 is 11.6 Å². The van der Waals surface area contributed by atoms with Gasteiger partial charge in [0, 0.05) is 48.5 Å². The molecular formula is C24H24ClN3O2. The molecule has 2 fully saturated rings. The van der Waals surface area contributed by atoms with Crippen molar-refractivity contribution < 1.29 is 9.32 Å². The lowest BCUT2D eigenvalue weighted by Gasteiger charge is -2.38. The number of halogens is 1. The first-order chi connectivity index (χ1) is 14.6. The smallest absolute Gasteiger partial charge is 0.235 e. The van der Waals surface area contributed by atoms with E-state index >= 15 is 0 Å². The van der Waals surface area contributed by atoms with Crippen molar-refractivity contribution in [1.82, 2.24) is 10.1 Å². The van der Waals surface area contributed by atoms with Crippen molar-refractivity contribution in [2.75, 3.05) is 31.1 Å². The second kappa shape index (κ2) is 7.47. The van der Waals surface area contributed by atoms with E-state index in [0.717, 1.165) is 47.9 Å². The Morgan fingerprint density at radius 2 is 1.77 bits per heavy atom. The van der Waals surface area contributed by atoms with Gasteiger partial charge in [-0.1, -0.05) is 53.2 Å². The number of benzene rings is 2. The molecule has 0 bridgehead atoms. The molecule has 0 atom stereocenters. The summed E-state index contributed by atoms with van der Waals surface area (Å²) in [6.07, 6.45) is 1.67. The van der Waals surface area contributed by atoms with Gasteiger partial charge in [-0.2, -0.15) is 0 Å². The topological polar surface area (TPSA) is 49.6 Å². The van der Waals surface area contributed by atoms with Crippen LogP contribution in [0.25, 0.3) is 11.3 Å². The molecule has 30 heavy (non-hydrogen) atoms.